The van der Waals surface area contributed by atoms with Crippen molar-refractivity contribution in [1.29, 1.82) is 0 Å². The van der Waals surface area contributed by atoms with E-state index in [4.69, 9.17) is 12.2 Å². The Balaban J connectivity index is 1.36. The van der Waals surface area contributed by atoms with Crippen LogP contribution in [0.25, 0.3) is 5.13 Å². The molecule has 0 bridgehead atoms. The summed E-state index contributed by atoms with van der Waals surface area (Å²) < 4.78 is 2.19. The molecule has 2 aromatic carbocycles. The Labute approximate surface area is 244 Å². The quantitative estimate of drug-likeness (QED) is 0.122. The number of nitro groups is 1. The molecule has 11 heteroatoms. The van der Waals surface area contributed by atoms with Gasteiger partial charge in [-0.05, 0) is 86.2 Å². The van der Waals surface area contributed by atoms with E-state index in [2.05, 4.69) is 56.8 Å². The third-order valence-corrected chi connectivity index (χ3v) is 8.98. The molecule has 1 N–H and O–H groups in total. The van der Waals surface area contributed by atoms with Gasteiger partial charge in [0.15, 0.2) is 10.2 Å². The predicted molar refractivity (Wildman–Crippen MR) is 163 cm³/mol. The molecule has 1 saturated heterocycles. The number of nitro benzene ring substituents is 1. The topological polar surface area (TPSA) is 89.1 Å². The SMILES string of the molecule is Cc1cc([C@@H]2[C@@H](c3ccccn3)NC(=S)N2c2ccc(Sc3ccc([N+](=O)[O-])cc3)cc2)c(C)n1-c1nccs1. The lowest BCUT2D eigenvalue weighted by atomic mass is 9.96. The molecule has 8 nitrogen and oxygen atoms in total. The molecule has 0 aliphatic carbocycles. The second kappa shape index (κ2) is 10.8. The molecule has 0 spiro atoms. The molecule has 0 amide bonds. The number of hydrogen-bond donors (Lipinski definition) is 1. The average Bonchev–Trinajstić information content (AvgIpc) is 3.67. The van der Waals surface area contributed by atoms with Gasteiger partial charge in [0.05, 0.1) is 22.7 Å². The highest BCUT2D eigenvalue weighted by Crippen LogP contribution is 2.44. The molecule has 6 rings (SSSR count). The largest absolute Gasteiger partial charge is 0.351 e. The van der Waals surface area contributed by atoms with E-state index in [9.17, 15) is 10.1 Å². The summed E-state index contributed by atoms with van der Waals surface area (Å²) in [5, 5.41) is 18.1. The zero-order valence-corrected chi connectivity index (χ0v) is 24.0. The Bertz CT molecular complexity index is 1670. The first-order valence-corrected chi connectivity index (χ1v) is 14.6. The number of benzene rings is 2. The summed E-state index contributed by atoms with van der Waals surface area (Å²) in [6.45, 7) is 4.23. The minimum atomic E-state index is -0.390. The molecule has 2 atom stereocenters. The number of aromatic nitrogens is 3. The number of anilines is 1. The third kappa shape index (κ3) is 4.87. The second-order valence-corrected chi connectivity index (χ2v) is 11.7. The zero-order valence-electron chi connectivity index (χ0n) is 21.6. The maximum Gasteiger partial charge on any atom is 0.269 e. The van der Waals surface area contributed by atoms with E-state index >= 15 is 0 Å². The molecule has 1 aliphatic heterocycles. The van der Waals surface area contributed by atoms with Crippen LogP contribution < -0.4 is 10.2 Å². The van der Waals surface area contributed by atoms with Crippen molar-refractivity contribution in [3.8, 4) is 5.13 Å². The van der Waals surface area contributed by atoms with E-state index < -0.39 is 0 Å². The summed E-state index contributed by atoms with van der Waals surface area (Å²) in [5.74, 6) is 0. The number of pyridine rings is 1. The predicted octanol–water partition coefficient (Wildman–Crippen LogP) is 7.18. The van der Waals surface area contributed by atoms with E-state index in [0.29, 0.717) is 5.11 Å². The Morgan fingerprint density at radius 3 is 2.35 bits per heavy atom. The van der Waals surface area contributed by atoms with Gasteiger partial charge in [-0.1, -0.05) is 17.8 Å². The van der Waals surface area contributed by atoms with Gasteiger partial charge in [-0.25, -0.2) is 4.98 Å². The number of rotatable bonds is 7. The Kier molecular flexibility index (Phi) is 7.09. The van der Waals surface area contributed by atoms with Gasteiger partial charge in [0, 0.05) is 56.8 Å². The molecule has 0 unspecified atom stereocenters. The van der Waals surface area contributed by atoms with Gasteiger partial charge >= 0.3 is 0 Å². The summed E-state index contributed by atoms with van der Waals surface area (Å²) in [5.41, 5.74) is 5.34. The molecule has 200 valence electrons. The van der Waals surface area contributed by atoms with Gasteiger partial charge in [-0.15, -0.1) is 11.3 Å². The van der Waals surface area contributed by atoms with Gasteiger partial charge in [-0.2, -0.15) is 0 Å². The van der Waals surface area contributed by atoms with Crippen molar-refractivity contribution in [2.75, 3.05) is 4.90 Å². The number of non-ortho nitro benzene ring substituents is 1. The van der Waals surface area contributed by atoms with Crippen LogP contribution in [0.3, 0.4) is 0 Å². The molecule has 4 heterocycles. The van der Waals surface area contributed by atoms with Gasteiger partial charge in [-0.3, -0.25) is 19.7 Å². The highest BCUT2D eigenvalue weighted by atomic mass is 32.2. The molecule has 0 radical (unpaired) electrons. The van der Waals surface area contributed by atoms with Crippen LogP contribution >= 0.6 is 35.3 Å². The van der Waals surface area contributed by atoms with Crippen LogP contribution in [-0.2, 0) is 0 Å². The van der Waals surface area contributed by atoms with Crippen LogP contribution in [0, 0.1) is 24.0 Å². The van der Waals surface area contributed by atoms with Crippen molar-refractivity contribution in [3.05, 3.63) is 123 Å². The molecule has 1 aliphatic rings. The molecular weight excluding hydrogens is 561 g/mol. The summed E-state index contributed by atoms with van der Waals surface area (Å²) in [4.78, 5) is 23.9. The molecular formula is C29H24N6O2S3. The third-order valence-electron chi connectivity index (χ3n) is 6.90. The fourth-order valence-electron chi connectivity index (χ4n) is 5.10. The van der Waals surface area contributed by atoms with Crippen LogP contribution in [-0.4, -0.2) is 24.6 Å². The van der Waals surface area contributed by atoms with Crippen molar-refractivity contribution >= 4 is 51.8 Å². The van der Waals surface area contributed by atoms with Crippen molar-refractivity contribution < 1.29 is 4.92 Å². The molecule has 1 fully saturated rings. The smallest absolute Gasteiger partial charge is 0.269 e. The van der Waals surface area contributed by atoms with E-state index in [0.717, 1.165) is 43.3 Å². The Hall–Kier alpha value is -4.06. The first-order valence-electron chi connectivity index (χ1n) is 12.5. The number of nitrogens with zero attached hydrogens (tertiary/aromatic N) is 5. The van der Waals surface area contributed by atoms with E-state index in [1.807, 2.05) is 48.1 Å². The average molecular weight is 585 g/mol. The standard InChI is InChI=1S/C29H24N6O2S3/c1-18-17-24(19(2)33(18)29-31-15-16-39-29)27-26(25-5-3-4-14-30-25)32-28(38)34(27)20-6-10-22(11-7-20)40-23-12-8-21(9-13-23)35(36)37/h3-17,26-27H,1-2H3,(H,32,38)/t26-,27-/m1/s1. The van der Waals surface area contributed by atoms with Crippen molar-refractivity contribution in [3.63, 3.8) is 0 Å². The molecule has 40 heavy (non-hydrogen) atoms. The number of aryl methyl sites for hydroxylation is 1. The van der Waals surface area contributed by atoms with Crippen LogP contribution in [0.1, 0.15) is 34.7 Å². The summed E-state index contributed by atoms with van der Waals surface area (Å²) >= 11 is 9.08. The fourth-order valence-corrected chi connectivity index (χ4v) is 7.02. The fraction of sp³-hybridized carbons (Fsp3) is 0.138. The number of thiocarbonyl (C=S) groups is 1. The van der Waals surface area contributed by atoms with Gasteiger partial charge < -0.3 is 10.2 Å². The second-order valence-electron chi connectivity index (χ2n) is 9.32. The van der Waals surface area contributed by atoms with Gasteiger partial charge in [0.25, 0.3) is 5.69 Å². The number of nitrogens with one attached hydrogen (secondary N) is 1. The first kappa shape index (κ1) is 26.2. The zero-order chi connectivity index (χ0) is 27.8. The van der Waals surface area contributed by atoms with Crippen LogP contribution in [0.5, 0.6) is 0 Å². The van der Waals surface area contributed by atoms with Gasteiger partial charge in [0.2, 0.25) is 0 Å². The van der Waals surface area contributed by atoms with Crippen molar-refractivity contribution in [2.24, 2.45) is 0 Å². The monoisotopic (exact) mass is 584 g/mol. The lowest BCUT2D eigenvalue weighted by Gasteiger charge is -2.28. The minimum Gasteiger partial charge on any atom is -0.351 e. The molecule has 5 aromatic rings. The van der Waals surface area contributed by atoms with E-state index in [-0.39, 0.29) is 22.7 Å². The lowest BCUT2D eigenvalue weighted by molar-refractivity contribution is -0.384. The molecule has 3 aromatic heterocycles. The summed E-state index contributed by atoms with van der Waals surface area (Å²) in [6.07, 6.45) is 3.63. The lowest BCUT2D eigenvalue weighted by Crippen LogP contribution is -2.29. The van der Waals surface area contributed by atoms with Gasteiger partial charge in [0.1, 0.15) is 0 Å². The first-order chi connectivity index (χ1) is 19.4. The maximum atomic E-state index is 11.0. The van der Waals surface area contributed by atoms with Crippen LogP contribution in [0.4, 0.5) is 11.4 Å². The highest BCUT2D eigenvalue weighted by Gasteiger charge is 2.42. The van der Waals surface area contributed by atoms with Crippen molar-refractivity contribution in [1.82, 2.24) is 19.9 Å². The Morgan fingerprint density at radius 2 is 1.73 bits per heavy atom. The van der Waals surface area contributed by atoms with E-state index in [1.54, 1.807) is 35.2 Å². The molecule has 0 saturated carbocycles. The van der Waals surface area contributed by atoms with E-state index in [1.165, 1.54) is 12.1 Å². The maximum absolute atomic E-state index is 11.0. The normalized spacial score (nSPS) is 16.8. The number of thiazole rings is 1. The minimum absolute atomic E-state index is 0.0810. The Morgan fingerprint density at radius 1 is 1.00 bits per heavy atom. The van der Waals surface area contributed by atoms with Crippen LogP contribution in [0.15, 0.2) is 100 Å². The van der Waals surface area contributed by atoms with Crippen LogP contribution in [0.2, 0.25) is 0 Å². The van der Waals surface area contributed by atoms with Crippen molar-refractivity contribution in [2.45, 2.75) is 35.7 Å². The highest BCUT2D eigenvalue weighted by molar-refractivity contribution is 7.99. The number of hydrogen-bond acceptors (Lipinski definition) is 7. The summed E-state index contributed by atoms with van der Waals surface area (Å²) in [7, 11) is 0. The summed E-state index contributed by atoms with van der Waals surface area (Å²) in [6, 6.07) is 22.7.